The topological polar surface area (TPSA) is 148 Å². The van der Waals surface area contributed by atoms with Gasteiger partial charge < -0.3 is 20.1 Å². The molecule has 34 heavy (non-hydrogen) atoms. The second kappa shape index (κ2) is 9.31. The number of hydrogen-bond donors (Lipinski definition) is 3. The molecule has 182 valence electrons. The number of rotatable bonds is 5. The summed E-state index contributed by atoms with van der Waals surface area (Å²) in [5.41, 5.74) is -2.29. The fourth-order valence-corrected chi connectivity index (χ4v) is 5.68. The van der Waals surface area contributed by atoms with Gasteiger partial charge in [0.25, 0.3) is 0 Å². The first-order valence-corrected chi connectivity index (χ1v) is 11.9. The van der Waals surface area contributed by atoms with Crippen LogP contribution in [0.3, 0.4) is 0 Å². The molecule has 2 unspecified atom stereocenters. The summed E-state index contributed by atoms with van der Waals surface area (Å²) >= 11 is 3.11. The van der Waals surface area contributed by atoms with E-state index in [9.17, 15) is 36.9 Å². The zero-order chi connectivity index (χ0) is 24.8. The molecule has 5 atom stereocenters. The van der Waals surface area contributed by atoms with Gasteiger partial charge >= 0.3 is 0 Å². The Morgan fingerprint density at radius 3 is 2.38 bits per heavy atom. The minimum Gasteiger partial charge on any atom is -0.394 e. The average molecular weight is 565 g/mol. The first-order valence-electron chi connectivity index (χ1n) is 9.58. The van der Waals surface area contributed by atoms with E-state index >= 15 is 0 Å². The van der Waals surface area contributed by atoms with Crippen LogP contribution in [0.2, 0.25) is 0 Å². The molecule has 1 saturated heterocycles. The van der Waals surface area contributed by atoms with E-state index in [-0.39, 0.29) is 16.2 Å². The maximum atomic E-state index is 13.6. The Morgan fingerprint density at radius 2 is 1.76 bits per heavy atom. The van der Waals surface area contributed by atoms with Crippen molar-refractivity contribution in [2.45, 2.75) is 34.7 Å². The Labute approximate surface area is 198 Å². The molecule has 1 aliphatic rings. The van der Waals surface area contributed by atoms with Crippen molar-refractivity contribution in [3.8, 4) is 11.3 Å². The van der Waals surface area contributed by atoms with Gasteiger partial charge in [-0.2, -0.15) is 0 Å². The lowest BCUT2D eigenvalue weighted by Gasteiger charge is -2.41. The van der Waals surface area contributed by atoms with Crippen LogP contribution in [0.25, 0.3) is 11.3 Å². The Hall–Kier alpha value is -2.43. The van der Waals surface area contributed by atoms with Crippen LogP contribution in [0, 0.1) is 17.5 Å². The van der Waals surface area contributed by atoms with Gasteiger partial charge in [-0.25, -0.2) is 26.3 Å². The predicted molar refractivity (Wildman–Crippen MR) is 111 cm³/mol. The summed E-state index contributed by atoms with van der Waals surface area (Å²) in [5.74, 6) is -4.61. The smallest absolute Gasteiger partial charge is 0.209 e. The number of benzene rings is 1. The van der Waals surface area contributed by atoms with Gasteiger partial charge in [0.05, 0.1) is 17.7 Å². The molecule has 3 heterocycles. The quantitative estimate of drug-likeness (QED) is 0.385. The Kier molecular flexibility index (Phi) is 6.76. The third kappa shape index (κ3) is 4.34. The molecule has 0 aliphatic carbocycles. The molecule has 4 rings (SSSR count). The van der Waals surface area contributed by atoms with Gasteiger partial charge in [0.15, 0.2) is 22.9 Å². The van der Waals surface area contributed by atoms with Crippen molar-refractivity contribution in [2.24, 2.45) is 0 Å². The minimum atomic E-state index is -4.39. The lowest BCUT2D eigenvalue weighted by Crippen LogP contribution is -2.58. The molecule has 0 radical (unpaired) electrons. The van der Waals surface area contributed by atoms with Crippen LogP contribution in [0.1, 0.15) is 6.04 Å². The summed E-state index contributed by atoms with van der Waals surface area (Å²) in [5, 5.41) is 38.6. The van der Waals surface area contributed by atoms with E-state index in [1.54, 1.807) is 0 Å². The number of aromatic nitrogens is 4. The fraction of sp³-hybridized carbons (Fsp3) is 0.316. The van der Waals surface area contributed by atoms with Crippen LogP contribution < -0.4 is 0 Å². The Bertz CT molecular complexity index is 1300. The summed E-state index contributed by atoms with van der Waals surface area (Å²) in [4.78, 5) is 3.48. The number of hydrogen-bond acceptors (Lipinski definition) is 9. The number of aliphatic hydroxyl groups is 3. The predicted octanol–water partition coefficient (Wildman–Crippen LogP) is 0.974. The highest BCUT2D eigenvalue weighted by molar-refractivity contribution is 9.10. The summed E-state index contributed by atoms with van der Waals surface area (Å²) in [6.45, 7) is -0.803. The molecule has 1 aliphatic heterocycles. The molecule has 0 amide bonds. The maximum absolute atomic E-state index is 13.6. The summed E-state index contributed by atoms with van der Waals surface area (Å²) < 4.78 is 73.4. The van der Waals surface area contributed by atoms with Crippen LogP contribution in [-0.2, 0) is 14.6 Å². The van der Waals surface area contributed by atoms with Crippen LogP contribution in [0.5, 0.6) is 0 Å². The van der Waals surface area contributed by atoms with E-state index in [1.165, 1.54) is 12.3 Å². The van der Waals surface area contributed by atoms with Crippen molar-refractivity contribution in [3.05, 3.63) is 58.7 Å². The molecule has 1 fully saturated rings. The standard InChI is InChI=1S/C19H16BrF3N4O6S/c20-9-3-10(5-24-4-9)34(31,32)19-18(30)16(17(29)14(7-28)33-19)27-6-13(25-26-27)8-1-11(21)15(23)12(22)2-8/h1-6,14,16-19,28-30H,7H2/t14?,16?,17-,18-,19+/m0/s1. The zero-order valence-corrected chi connectivity index (χ0v) is 19.2. The van der Waals surface area contributed by atoms with Crippen LogP contribution in [0.15, 0.2) is 46.2 Å². The van der Waals surface area contributed by atoms with E-state index < -0.39 is 63.7 Å². The number of aliphatic hydroxyl groups excluding tert-OH is 3. The van der Waals surface area contributed by atoms with E-state index in [4.69, 9.17) is 4.74 Å². The molecule has 3 N–H and O–H groups in total. The highest BCUT2D eigenvalue weighted by Gasteiger charge is 2.51. The van der Waals surface area contributed by atoms with Crippen molar-refractivity contribution in [1.29, 1.82) is 0 Å². The van der Waals surface area contributed by atoms with Gasteiger partial charge in [-0.1, -0.05) is 5.21 Å². The zero-order valence-electron chi connectivity index (χ0n) is 16.8. The molecule has 2 aromatic heterocycles. The molecular formula is C19H16BrF3N4O6S. The van der Waals surface area contributed by atoms with Gasteiger partial charge in [0, 0.05) is 22.4 Å². The highest BCUT2D eigenvalue weighted by atomic mass is 79.9. The van der Waals surface area contributed by atoms with E-state index in [1.807, 2.05) is 0 Å². The van der Waals surface area contributed by atoms with Crippen molar-refractivity contribution in [2.75, 3.05) is 6.61 Å². The number of ether oxygens (including phenoxy) is 1. The van der Waals surface area contributed by atoms with Gasteiger partial charge in [0.2, 0.25) is 9.84 Å². The summed E-state index contributed by atoms with van der Waals surface area (Å²) in [7, 11) is -4.39. The van der Waals surface area contributed by atoms with Crippen LogP contribution >= 0.6 is 15.9 Å². The third-order valence-electron chi connectivity index (χ3n) is 5.26. The van der Waals surface area contributed by atoms with Gasteiger partial charge in [-0.3, -0.25) is 4.98 Å². The number of pyridine rings is 1. The molecule has 1 aromatic carbocycles. The second-order valence-corrected chi connectivity index (χ2v) is 10.4. The molecule has 3 aromatic rings. The lowest BCUT2D eigenvalue weighted by molar-refractivity contribution is -0.180. The van der Waals surface area contributed by atoms with E-state index in [2.05, 4.69) is 31.2 Å². The molecule has 10 nitrogen and oxygen atoms in total. The Morgan fingerprint density at radius 1 is 1.09 bits per heavy atom. The van der Waals surface area contributed by atoms with E-state index in [0.717, 1.165) is 17.1 Å². The Balaban J connectivity index is 1.73. The SMILES string of the molecule is O=S(=O)(c1cncc(Br)c1)[C@H]1OC(CO)[C@H](O)C(n2cc(-c3cc(F)c(F)c(F)c3)nn2)[C@@H]1O. The third-order valence-corrected chi connectivity index (χ3v) is 7.57. The van der Waals surface area contributed by atoms with Crippen molar-refractivity contribution in [3.63, 3.8) is 0 Å². The minimum absolute atomic E-state index is 0.153. The fourth-order valence-electron chi connectivity index (χ4n) is 3.58. The molecule has 0 saturated carbocycles. The maximum Gasteiger partial charge on any atom is 0.209 e. The lowest BCUT2D eigenvalue weighted by atomic mass is 9.97. The molecular weight excluding hydrogens is 549 g/mol. The number of sulfone groups is 1. The van der Waals surface area contributed by atoms with Crippen molar-refractivity contribution >= 4 is 25.8 Å². The van der Waals surface area contributed by atoms with E-state index in [0.29, 0.717) is 16.6 Å². The van der Waals surface area contributed by atoms with Gasteiger partial charge in [-0.05, 0) is 34.1 Å². The van der Waals surface area contributed by atoms with Crippen LogP contribution in [-0.4, -0.2) is 74.1 Å². The number of halogens is 4. The average Bonchev–Trinajstić information content (AvgIpc) is 3.27. The second-order valence-electron chi connectivity index (χ2n) is 7.42. The largest absolute Gasteiger partial charge is 0.394 e. The van der Waals surface area contributed by atoms with Gasteiger partial charge in [-0.15, -0.1) is 5.10 Å². The summed E-state index contributed by atoms with van der Waals surface area (Å²) in [6.07, 6.45) is -1.55. The summed E-state index contributed by atoms with van der Waals surface area (Å²) in [6, 6.07) is 1.08. The highest BCUT2D eigenvalue weighted by Crippen LogP contribution is 2.35. The monoisotopic (exact) mass is 564 g/mol. The van der Waals surface area contributed by atoms with Crippen molar-refractivity contribution < 1.29 is 41.6 Å². The van der Waals surface area contributed by atoms with Crippen LogP contribution in [0.4, 0.5) is 13.2 Å². The molecule has 0 bridgehead atoms. The normalized spacial score (nSPS) is 25.4. The number of nitrogens with zero attached hydrogens (tertiary/aromatic N) is 4. The molecule has 15 heteroatoms. The molecule has 0 spiro atoms. The first-order chi connectivity index (χ1) is 16.0. The first kappa shape index (κ1) is 24.7. The van der Waals surface area contributed by atoms with Crippen molar-refractivity contribution in [1.82, 2.24) is 20.0 Å². The van der Waals surface area contributed by atoms with Gasteiger partial charge in [0.1, 0.15) is 30.0 Å².